The van der Waals surface area contributed by atoms with Gasteiger partial charge in [0.15, 0.2) is 0 Å². The van der Waals surface area contributed by atoms with Crippen molar-refractivity contribution in [2.24, 2.45) is 0 Å². The van der Waals surface area contributed by atoms with Crippen LogP contribution in [0.4, 0.5) is 0 Å². The number of hydrogen-bond acceptors (Lipinski definition) is 0. The summed E-state index contributed by atoms with van der Waals surface area (Å²) in [5.41, 5.74) is 0. The predicted octanol–water partition coefficient (Wildman–Crippen LogP) is -4.11. The second-order valence-corrected chi connectivity index (χ2v) is 0. The van der Waals surface area contributed by atoms with Gasteiger partial charge in [-0.2, -0.15) is 0 Å². The van der Waals surface area contributed by atoms with Crippen molar-refractivity contribution in [1.82, 2.24) is 0 Å². The van der Waals surface area contributed by atoms with Crippen molar-refractivity contribution >= 4 is 24.8 Å². The smallest absolute Gasteiger partial charge is 0 e. The van der Waals surface area contributed by atoms with Gasteiger partial charge in [-0.25, -0.2) is 0 Å². The average Bonchev–Trinajstić information content (AvgIpc) is 0. The molecular formula is H14Cl2MoO6. The van der Waals surface area contributed by atoms with Crippen molar-refractivity contribution in [2.75, 3.05) is 0 Å². The fourth-order valence-electron chi connectivity index (χ4n) is 0. The van der Waals surface area contributed by atoms with Crippen molar-refractivity contribution in [3.63, 3.8) is 0 Å². The van der Waals surface area contributed by atoms with Gasteiger partial charge in [-0.1, -0.05) is 0 Å². The number of rotatable bonds is 0. The Morgan fingerprint density at radius 3 is 0.333 bits per heavy atom. The minimum atomic E-state index is 0. The third-order valence-electron chi connectivity index (χ3n) is 0. The van der Waals surface area contributed by atoms with Crippen LogP contribution in [0, 0.1) is 0 Å². The Morgan fingerprint density at radius 2 is 0.333 bits per heavy atom. The Bertz CT molecular complexity index is 11.0. The third-order valence-corrected chi connectivity index (χ3v) is 0. The molecule has 0 rings (SSSR count). The van der Waals surface area contributed by atoms with Gasteiger partial charge in [0.2, 0.25) is 0 Å². The molecule has 0 saturated carbocycles. The summed E-state index contributed by atoms with van der Waals surface area (Å²) < 4.78 is 0. The zero-order valence-corrected chi connectivity index (χ0v) is 7.86. The summed E-state index contributed by atoms with van der Waals surface area (Å²) in [6.07, 6.45) is 0. The van der Waals surface area contributed by atoms with Gasteiger partial charge < -0.3 is 32.9 Å². The van der Waals surface area contributed by atoms with Gasteiger partial charge in [0.25, 0.3) is 0 Å². The van der Waals surface area contributed by atoms with Gasteiger partial charge in [0, 0.05) is 21.1 Å². The van der Waals surface area contributed by atoms with Gasteiger partial charge >= 0.3 is 0 Å². The summed E-state index contributed by atoms with van der Waals surface area (Å²) in [6.45, 7) is 0. The van der Waals surface area contributed by atoms with E-state index in [1.807, 2.05) is 0 Å². The van der Waals surface area contributed by atoms with Crippen LogP contribution in [-0.2, 0) is 21.1 Å². The molecule has 0 aliphatic carbocycles. The van der Waals surface area contributed by atoms with Gasteiger partial charge in [-0.05, 0) is 0 Å². The van der Waals surface area contributed by atoms with Crippen LogP contribution in [0.5, 0.6) is 0 Å². The quantitative estimate of drug-likeness (QED) is 0.389. The van der Waals surface area contributed by atoms with Gasteiger partial charge in [0.1, 0.15) is 0 Å². The molecule has 0 spiro atoms. The molecule has 9 heteroatoms. The van der Waals surface area contributed by atoms with E-state index >= 15 is 0 Å². The molecule has 0 saturated heterocycles. The Labute approximate surface area is 78.9 Å². The van der Waals surface area contributed by atoms with Gasteiger partial charge in [-0.3, -0.25) is 0 Å². The standard InChI is InChI=1S/2ClH.Mo.6H2O/h2*1H;;6*1H2. The maximum atomic E-state index is 0. The van der Waals surface area contributed by atoms with E-state index in [4.69, 9.17) is 0 Å². The van der Waals surface area contributed by atoms with E-state index in [2.05, 4.69) is 0 Å². The van der Waals surface area contributed by atoms with Crippen LogP contribution >= 0.6 is 24.8 Å². The van der Waals surface area contributed by atoms with Crippen LogP contribution < -0.4 is 0 Å². The molecule has 0 aliphatic rings. The molecule has 0 radical (unpaired) electrons. The van der Waals surface area contributed by atoms with Crippen LogP contribution in [0.1, 0.15) is 0 Å². The zero-order chi connectivity index (χ0) is 0. The summed E-state index contributed by atoms with van der Waals surface area (Å²) in [4.78, 5) is 0. The second-order valence-electron chi connectivity index (χ2n) is 0. The van der Waals surface area contributed by atoms with Gasteiger partial charge in [-0.15, -0.1) is 24.8 Å². The van der Waals surface area contributed by atoms with Crippen LogP contribution in [0.25, 0.3) is 0 Å². The molecule has 0 amide bonds. The predicted molar refractivity (Wildman–Crippen MR) is 36.2 cm³/mol. The van der Waals surface area contributed by atoms with Crippen molar-refractivity contribution in [1.29, 1.82) is 0 Å². The van der Waals surface area contributed by atoms with Crippen LogP contribution in [-0.4, -0.2) is 32.9 Å². The molecule has 0 bridgehead atoms. The normalized spacial score (nSPS) is 0. The van der Waals surface area contributed by atoms with E-state index < -0.39 is 0 Å². The molecule has 0 aromatic rings. The minimum absolute atomic E-state index is 0. The van der Waals surface area contributed by atoms with Crippen molar-refractivity contribution < 1.29 is 53.9 Å². The molecule has 0 aliphatic heterocycles. The maximum absolute atomic E-state index is 0. The maximum Gasteiger partial charge on any atom is 0 e. The van der Waals surface area contributed by atoms with Crippen LogP contribution in [0.2, 0.25) is 0 Å². The first-order valence-corrected chi connectivity index (χ1v) is 0. The van der Waals surface area contributed by atoms with E-state index in [-0.39, 0.29) is 78.7 Å². The largest absolute Gasteiger partial charge is 0.412 e. The SMILES string of the molecule is Cl.Cl.O.O.O.O.O.O.[Mo]. The first-order valence-electron chi connectivity index (χ1n) is 0. The molecule has 0 aromatic carbocycles. The Hall–Kier alpha value is 1.03. The Morgan fingerprint density at radius 1 is 0.333 bits per heavy atom. The third kappa shape index (κ3) is 422. The Balaban J connectivity index is 0. The first kappa shape index (κ1) is 773. The monoisotopic (exact) mass is 278 g/mol. The molecule has 0 heterocycles. The van der Waals surface area contributed by atoms with Crippen molar-refractivity contribution in [3.05, 3.63) is 0 Å². The summed E-state index contributed by atoms with van der Waals surface area (Å²) in [6, 6.07) is 0. The molecule has 0 fully saturated rings. The molecule has 12 N–H and O–H groups in total. The zero-order valence-electron chi connectivity index (χ0n) is 4.22. The molecule has 9 heavy (non-hydrogen) atoms. The van der Waals surface area contributed by atoms with E-state index in [9.17, 15) is 0 Å². The molecule has 70 valence electrons. The van der Waals surface area contributed by atoms with Gasteiger partial charge in [0.05, 0.1) is 0 Å². The van der Waals surface area contributed by atoms with E-state index in [1.165, 1.54) is 0 Å². The van der Waals surface area contributed by atoms with Crippen molar-refractivity contribution in [3.8, 4) is 0 Å². The summed E-state index contributed by atoms with van der Waals surface area (Å²) in [5.74, 6) is 0. The van der Waals surface area contributed by atoms with E-state index in [1.54, 1.807) is 0 Å². The fraction of sp³-hybridized carbons (Fsp3) is 0. The average molecular weight is 277 g/mol. The van der Waals surface area contributed by atoms with Crippen molar-refractivity contribution in [2.45, 2.75) is 0 Å². The molecule has 0 aromatic heterocycles. The molecular weight excluding hydrogens is 263 g/mol. The first-order chi connectivity index (χ1) is 0. The number of halogens is 2. The Kier molecular flexibility index (Phi) is 47300. The fourth-order valence-corrected chi connectivity index (χ4v) is 0. The summed E-state index contributed by atoms with van der Waals surface area (Å²) >= 11 is 0. The number of hydrogen-bond donors (Lipinski definition) is 0. The van der Waals surface area contributed by atoms with Crippen LogP contribution in [0.3, 0.4) is 0 Å². The molecule has 0 atom stereocenters. The van der Waals surface area contributed by atoms with Crippen LogP contribution in [0.15, 0.2) is 0 Å². The summed E-state index contributed by atoms with van der Waals surface area (Å²) in [5, 5.41) is 0. The molecule has 6 nitrogen and oxygen atoms in total. The van der Waals surface area contributed by atoms with E-state index in [0.29, 0.717) is 0 Å². The summed E-state index contributed by atoms with van der Waals surface area (Å²) in [7, 11) is 0. The van der Waals surface area contributed by atoms with E-state index in [0.717, 1.165) is 0 Å². The minimum Gasteiger partial charge on any atom is -0.412 e. The topological polar surface area (TPSA) is 189 Å². The molecule has 0 unspecified atom stereocenters. The second kappa shape index (κ2) is 550.